The van der Waals surface area contributed by atoms with Crippen LogP contribution in [0.5, 0.6) is 5.75 Å². The van der Waals surface area contributed by atoms with Crippen LogP contribution in [0, 0.1) is 12.8 Å². The topological polar surface area (TPSA) is 95.5 Å². The van der Waals surface area contributed by atoms with Gasteiger partial charge in [0.05, 0.1) is 21.3 Å². The molecule has 0 unspecified atom stereocenters. The molecule has 146 valence electrons. The maximum atomic E-state index is 12.6. The molecule has 9 heteroatoms. The molecule has 3 N–H and O–H groups in total. The molecular weight excluding hydrogens is 411 g/mol. The Bertz CT molecular complexity index is 976. The first-order valence-electron chi connectivity index (χ1n) is 8.11. The number of carbonyl (C=O) groups excluding carboxylic acids is 1. The molecule has 0 heterocycles. The lowest BCUT2D eigenvalue weighted by Gasteiger charge is -2.13. The van der Waals surface area contributed by atoms with Gasteiger partial charge in [-0.3, -0.25) is 4.79 Å². The van der Waals surface area contributed by atoms with Crippen molar-refractivity contribution in [2.45, 2.75) is 25.7 Å². The highest BCUT2D eigenvalue weighted by Crippen LogP contribution is 2.30. The third kappa shape index (κ3) is 5.35. The van der Waals surface area contributed by atoms with Gasteiger partial charge in [0.1, 0.15) is 10.6 Å². The van der Waals surface area contributed by atoms with Crippen molar-refractivity contribution in [3.05, 3.63) is 51.5 Å². The Morgan fingerprint density at radius 2 is 1.81 bits per heavy atom. The minimum Gasteiger partial charge on any atom is -0.506 e. The van der Waals surface area contributed by atoms with E-state index in [0.717, 1.165) is 11.6 Å². The van der Waals surface area contributed by atoms with E-state index in [1.165, 1.54) is 18.2 Å². The molecule has 1 amide bonds. The number of aromatic hydroxyl groups is 1. The Morgan fingerprint density at radius 1 is 1.15 bits per heavy atom. The molecule has 27 heavy (non-hydrogen) atoms. The zero-order chi connectivity index (χ0) is 20.4. The molecule has 0 saturated heterocycles. The van der Waals surface area contributed by atoms with Crippen molar-refractivity contribution in [3.63, 3.8) is 0 Å². The number of sulfonamides is 1. The first kappa shape index (κ1) is 21.5. The Morgan fingerprint density at radius 3 is 2.41 bits per heavy atom. The van der Waals surface area contributed by atoms with E-state index in [9.17, 15) is 18.3 Å². The lowest BCUT2D eigenvalue weighted by Crippen LogP contribution is -2.28. The lowest BCUT2D eigenvalue weighted by atomic mass is 10.1. The smallest absolute Gasteiger partial charge is 0.257 e. The molecule has 0 saturated carbocycles. The minimum absolute atomic E-state index is 0.00749. The molecule has 6 nitrogen and oxygen atoms in total. The second kappa shape index (κ2) is 8.48. The monoisotopic (exact) mass is 430 g/mol. The summed E-state index contributed by atoms with van der Waals surface area (Å²) in [6.45, 7) is 5.74. The molecule has 2 rings (SSSR count). The van der Waals surface area contributed by atoms with Gasteiger partial charge in [0, 0.05) is 6.54 Å². The van der Waals surface area contributed by atoms with Crippen LogP contribution < -0.4 is 10.0 Å². The van der Waals surface area contributed by atoms with Gasteiger partial charge < -0.3 is 10.4 Å². The summed E-state index contributed by atoms with van der Waals surface area (Å²) in [5, 5.41) is 12.3. The highest BCUT2D eigenvalue weighted by atomic mass is 35.5. The number of aryl methyl sites for hydroxylation is 1. The summed E-state index contributed by atoms with van der Waals surface area (Å²) in [7, 11) is -3.92. The number of phenolic OH excluding ortho intramolecular Hbond substituents is 1. The van der Waals surface area contributed by atoms with Crippen molar-refractivity contribution >= 4 is 44.8 Å². The summed E-state index contributed by atoms with van der Waals surface area (Å²) < 4.78 is 27.4. The van der Waals surface area contributed by atoms with E-state index in [1.54, 1.807) is 13.0 Å². The van der Waals surface area contributed by atoms with Gasteiger partial charge in [0.15, 0.2) is 0 Å². The molecule has 0 spiro atoms. The third-order valence-corrected chi connectivity index (χ3v) is 5.84. The molecule has 0 aromatic heterocycles. The van der Waals surface area contributed by atoms with Crippen LogP contribution in [0.25, 0.3) is 0 Å². The molecule has 0 bridgehead atoms. The van der Waals surface area contributed by atoms with Crippen LogP contribution >= 0.6 is 23.2 Å². The zero-order valence-corrected chi connectivity index (χ0v) is 17.3. The number of amides is 1. The van der Waals surface area contributed by atoms with Gasteiger partial charge in [-0.25, -0.2) is 13.1 Å². The number of carbonyl (C=O) groups is 1. The molecule has 0 fully saturated rings. The van der Waals surface area contributed by atoms with E-state index in [2.05, 4.69) is 10.0 Å². The van der Waals surface area contributed by atoms with Gasteiger partial charge in [-0.2, -0.15) is 0 Å². The fraction of sp³-hybridized carbons (Fsp3) is 0.278. The summed E-state index contributed by atoms with van der Waals surface area (Å²) in [5.41, 5.74) is 0.921. The minimum atomic E-state index is -3.92. The number of anilines is 1. The van der Waals surface area contributed by atoms with Gasteiger partial charge >= 0.3 is 0 Å². The normalized spacial score (nSPS) is 11.6. The third-order valence-electron chi connectivity index (χ3n) is 3.64. The Labute approximate surface area is 168 Å². The highest BCUT2D eigenvalue weighted by molar-refractivity contribution is 7.89. The van der Waals surface area contributed by atoms with E-state index in [1.807, 2.05) is 13.8 Å². The predicted octanol–water partition coefficient (Wildman–Crippen LogP) is 4.19. The van der Waals surface area contributed by atoms with Gasteiger partial charge in [-0.15, -0.1) is 0 Å². The Hall–Kier alpha value is -1.80. The van der Waals surface area contributed by atoms with Crippen molar-refractivity contribution < 1.29 is 18.3 Å². The second-order valence-corrected chi connectivity index (χ2v) is 9.03. The van der Waals surface area contributed by atoms with Gasteiger partial charge in [0.25, 0.3) is 5.91 Å². The summed E-state index contributed by atoms with van der Waals surface area (Å²) in [6, 6.07) is 7.06. The quantitative estimate of drug-likeness (QED) is 0.598. The predicted molar refractivity (Wildman–Crippen MR) is 107 cm³/mol. The summed E-state index contributed by atoms with van der Waals surface area (Å²) in [4.78, 5) is 12.3. The number of rotatable bonds is 6. The van der Waals surface area contributed by atoms with Crippen LogP contribution in [0.4, 0.5) is 5.69 Å². The van der Waals surface area contributed by atoms with Crippen LogP contribution in [0.2, 0.25) is 10.0 Å². The molecule has 0 radical (unpaired) electrons. The van der Waals surface area contributed by atoms with Gasteiger partial charge in [-0.1, -0.05) is 43.1 Å². The lowest BCUT2D eigenvalue weighted by molar-refractivity contribution is 0.102. The number of halogens is 2. The Balaban J connectivity index is 2.38. The van der Waals surface area contributed by atoms with E-state index in [4.69, 9.17) is 23.2 Å². The number of nitrogens with one attached hydrogen (secondary N) is 2. The van der Waals surface area contributed by atoms with Crippen molar-refractivity contribution in [1.29, 1.82) is 0 Å². The first-order chi connectivity index (χ1) is 12.5. The first-order valence-corrected chi connectivity index (χ1v) is 10.3. The van der Waals surface area contributed by atoms with E-state index in [0.29, 0.717) is 0 Å². The molecule has 2 aromatic rings. The maximum absolute atomic E-state index is 12.6. The van der Waals surface area contributed by atoms with Crippen LogP contribution in [0.3, 0.4) is 0 Å². The SMILES string of the molecule is Cc1ccc(NC(=O)c2cc(S(=O)(=O)NCC(C)C)c(Cl)cc2Cl)c(O)c1. The van der Waals surface area contributed by atoms with Gasteiger partial charge in [0.2, 0.25) is 10.0 Å². The second-order valence-electron chi connectivity index (χ2n) is 6.48. The average Bonchev–Trinajstić information content (AvgIpc) is 2.55. The largest absolute Gasteiger partial charge is 0.506 e. The summed E-state index contributed by atoms with van der Waals surface area (Å²) >= 11 is 12.1. The fourth-order valence-corrected chi connectivity index (χ4v) is 4.27. The maximum Gasteiger partial charge on any atom is 0.257 e. The molecule has 0 aliphatic rings. The Kier molecular flexibility index (Phi) is 6.75. The average molecular weight is 431 g/mol. The molecule has 0 aliphatic carbocycles. The van der Waals surface area contributed by atoms with Crippen molar-refractivity contribution in [3.8, 4) is 5.75 Å². The fourth-order valence-electron chi connectivity index (χ4n) is 2.20. The number of benzene rings is 2. The number of hydrogen-bond acceptors (Lipinski definition) is 4. The molecule has 0 aliphatic heterocycles. The molecular formula is C18H20Cl2N2O4S. The number of hydrogen-bond donors (Lipinski definition) is 3. The number of phenols is 1. The van der Waals surface area contributed by atoms with Crippen LogP contribution in [0.15, 0.2) is 35.2 Å². The summed E-state index contributed by atoms with van der Waals surface area (Å²) in [5.74, 6) is -0.686. The summed E-state index contributed by atoms with van der Waals surface area (Å²) in [6.07, 6.45) is 0. The molecule has 2 aromatic carbocycles. The van der Waals surface area contributed by atoms with E-state index < -0.39 is 15.9 Å². The van der Waals surface area contributed by atoms with Crippen molar-refractivity contribution in [2.24, 2.45) is 5.92 Å². The van der Waals surface area contributed by atoms with Crippen molar-refractivity contribution in [1.82, 2.24) is 4.72 Å². The van der Waals surface area contributed by atoms with E-state index in [-0.39, 0.29) is 44.4 Å². The standard InChI is InChI=1S/C18H20Cl2N2O4S/c1-10(2)9-21-27(25,26)17-7-12(13(19)8-14(17)20)18(24)22-15-5-4-11(3)6-16(15)23/h4-8,10,21,23H,9H2,1-3H3,(H,22,24). The highest BCUT2D eigenvalue weighted by Gasteiger charge is 2.23. The van der Waals surface area contributed by atoms with E-state index >= 15 is 0 Å². The van der Waals surface area contributed by atoms with Crippen LogP contribution in [-0.2, 0) is 10.0 Å². The van der Waals surface area contributed by atoms with Crippen LogP contribution in [0.1, 0.15) is 29.8 Å². The zero-order valence-electron chi connectivity index (χ0n) is 15.0. The van der Waals surface area contributed by atoms with Gasteiger partial charge in [-0.05, 0) is 42.7 Å². The van der Waals surface area contributed by atoms with Crippen LogP contribution in [-0.4, -0.2) is 26.0 Å². The molecule has 0 atom stereocenters. The van der Waals surface area contributed by atoms with Crippen molar-refractivity contribution in [2.75, 3.05) is 11.9 Å².